The van der Waals surface area contributed by atoms with Gasteiger partial charge in [0.1, 0.15) is 5.75 Å². The number of phenols is 1. The number of nitrogens with zero attached hydrogens (tertiary/aromatic N) is 1. The lowest BCUT2D eigenvalue weighted by Crippen LogP contribution is -2.44. The monoisotopic (exact) mass is 355 g/mol. The van der Waals surface area contributed by atoms with E-state index < -0.39 is 5.97 Å². The molecular formula is C16H22BrNO3. The highest BCUT2D eigenvalue weighted by molar-refractivity contribution is 9.10. The molecule has 116 valence electrons. The van der Waals surface area contributed by atoms with Crippen LogP contribution in [0.25, 0.3) is 0 Å². The molecule has 2 rings (SSSR count). The van der Waals surface area contributed by atoms with Crippen LogP contribution in [-0.2, 0) is 4.79 Å². The first-order valence-electron chi connectivity index (χ1n) is 7.41. The van der Waals surface area contributed by atoms with Gasteiger partial charge in [-0.2, -0.15) is 0 Å². The van der Waals surface area contributed by atoms with Gasteiger partial charge in [0.25, 0.3) is 0 Å². The van der Waals surface area contributed by atoms with Crippen molar-refractivity contribution < 1.29 is 15.0 Å². The topological polar surface area (TPSA) is 60.8 Å². The predicted octanol–water partition coefficient (Wildman–Crippen LogP) is 3.79. The van der Waals surface area contributed by atoms with Crippen LogP contribution >= 0.6 is 15.9 Å². The summed E-state index contributed by atoms with van der Waals surface area (Å²) >= 11 is 3.45. The number of likely N-dealkylation sites (tertiary alicyclic amines) is 1. The third kappa shape index (κ3) is 3.58. The van der Waals surface area contributed by atoms with Crippen molar-refractivity contribution in [1.82, 2.24) is 4.90 Å². The molecule has 3 atom stereocenters. The highest BCUT2D eigenvalue weighted by Gasteiger charge is 2.34. The quantitative estimate of drug-likeness (QED) is 0.862. The Balaban J connectivity index is 2.22. The Bertz CT molecular complexity index is 520. The average Bonchev–Trinajstić information content (AvgIpc) is 2.44. The van der Waals surface area contributed by atoms with Crippen molar-refractivity contribution >= 4 is 21.9 Å². The fourth-order valence-corrected chi connectivity index (χ4v) is 3.68. The number of hydrogen-bond acceptors (Lipinski definition) is 3. The summed E-state index contributed by atoms with van der Waals surface area (Å²) in [6.07, 6.45) is 2.22. The maximum absolute atomic E-state index is 11.2. The van der Waals surface area contributed by atoms with Crippen LogP contribution in [0.15, 0.2) is 22.7 Å². The molecule has 4 nitrogen and oxygen atoms in total. The molecule has 1 aromatic carbocycles. The molecule has 2 N–H and O–H groups in total. The number of benzene rings is 1. The zero-order valence-electron chi connectivity index (χ0n) is 12.4. The van der Waals surface area contributed by atoms with Gasteiger partial charge in [0.2, 0.25) is 0 Å². The molecule has 0 amide bonds. The molecular weight excluding hydrogens is 334 g/mol. The molecule has 1 fully saturated rings. The Labute approximate surface area is 133 Å². The van der Waals surface area contributed by atoms with Gasteiger partial charge in [-0.25, -0.2) is 0 Å². The maximum Gasteiger partial charge on any atom is 0.306 e. The summed E-state index contributed by atoms with van der Waals surface area (Å²) in [4.78, 5) is 13.5. The first kappa shape index (κ1) is 16.3. The predicted molar refractivity (Wildman–Crippen MR) is 85.4 cm³/mol. The van der Waals surface area contributed by atoms with E-state index in [9.17, 15) is 15.0 Å². The number of carboxylic acids is 1. The Morgan fingerprint density at radius 2 is 2.24 bits per heavy atom. The Morgan fingerprint density at radius 1 is 1.52 bits per heavy atom. The molecule has 21 heavy (non-hydrogen) atoms. The molecule has 0 aromatic heterocycles. The van der Waals surface area contributed by atoms with Crippen molar-refractivity contribution in [2.75, 3.05) is 6.54 Å². The molecule has 0 saturated carbocycles. The number of phenolic OH excluding ortho intramolecular Hbond substituents is 1. The molecule has 3 unspecified atom stereocenters. The van der Waals surface area contributed by atoms with Crippen molar-refractivity contribution in [2.45, 2.75) is 45.2 Å². The van der Waals surface area contributed by atoms with E-state index in [1.807, 2.05) is 12.1 Å². The fourth-order valence-electron chi connectivity index (χ4n) is 3.30. The van der Waals surface area contributed by atoms with Crippen molar-refractivity contribution in [1.29, 1.82) is 0 Å². The first-order valence-corrected chi connectivity index (χ1v) is 8.20. The van der Waals surface area contributed by atoms with Crippen LogP contribution < -0.4 is 0 Å². The Kier molecular flexibility index (Phi) is 5.27. The van der Waals surface area contributed by atoms with Gasteiger partial charge >= 0.3 is 5.97 Å². The minimum Gasteiger partial charge on any atom is -0.508 e. The highest BCUT2D eigenvalue weighted by atomic mass is 79.9. The second kappa shape index (κ2) is 6.79. The Morgan fingerprint density at radius 3 is 2.81 bits per heavy atom. The fraction of sp³-hybridized carbons (Fsp3) is 0.562. The third-order valence-corrected chi connectivity index (χ3v) is 4.91. The summed E-state index contributed by atoms with van der Waals surface area (Å²) in [5.41, 5.74) is 0.910. The first-order chi connectivity index (χ1) is 9.93. The van der Waals surface area contributed by atoms with Gasteiger partial charge in [0.15, 0.2) is 0 Å². The maximum atomic E-state index is 11.2. The zero-order chi connectivity index (χ0) is 15.6. The summed E-state index contributed by atoms with van der Waals surface area (Å²) in [5.74, 6) is -0.637. The van der Waals surface area contributed by atoms with Gasteiger partial charge in [-0.05, 0) is 50.9 Å². The molecule has 0 radical (unpaired) electrons. The SMILES string of the molecule is CCC(c1cc(Br)ccc1O)N1CCC(C(=O)O)CC1C. The van der Waals surface area contributed by atoms with Crippen LogP contribution in [0.3, 0.4) is 0 Å². The number of hydrogen-bond donors (Lipinski definition) is 2. The van der Waals surface area contributed by atoms with E-state index in [2.05, 4.69) is 34.7 Å². The molecule has 0 bridgehead atoms. The number of carboxylic acid groups (broad SMARTS) is 1. The van der Waals surface area contributed by atoms with Crippen molar-refractivity contribution in [3.63, 3.8) is 0 Å². The number of piperidine rings is 1. The van der Waals surface area contributed by atoms with Crippen LogP contribution in [-0.4, -0.2) is 33.7 Å². The molecule has 1 saturated heterocycles. The van der Waals surface area contributed by atoms with Crippen LogP contribution in [0.5, 0.6) is 5.75 Å². The summed E-state index contributed by atoms with van der Waals surface area (Å²) < 4.78 is 0.946. The molecule has 1 heterocycles. The van der Waals surface area contributed by atoms with Crippen molar-refractivity contribution in [3.8, 4) is 5.75 Å². The van der Waals surface area contributed by atoms with Gasteiger partial charge in [0.05, 0.1) is 5.92 Å². The number of aliphatic carboxylic acids is 1. The lowest BCUT2D eigenvalue weighted by molar-refractivity contribution is -0.144. The summed E-state index contributed by atoms with van der Waals surface area (Å²) in [6.45, 7) is 4.93. The number of carbonyl (C=O) groups is 1. The summed E-state index contributed by atoms with van der Waals surface area (Å²) in [5, 5.41) is 19.3. The minimum atomic E-state index is -0.695. The van der Waals surface area contributed by atoms with E-state index in [0.717, 1.165) is 23.0 Å². The van der Waals surface area contributed by atoms with E-state index in [-0.39, 0.29) is 18.0 Å². The van der Waals surface area contributed by atoms with Gasteiger partial charge in [-0.3, -0.25) is 9.69 Å². The van der Waals surface area contributed by atoms with Gasteiger partial charge in [-0.15, -0.1) is 0 Å². The lowest BCUT2D eigenvalue weighted by Gasteiger charge is -2.41. The summed E-state index contributed by atoms with van der Waals surface area (Å²) in [6, 6.07) is 5.80. The van der Waals surface area contributed by atoms with Gasteiger partial charge < -0.3 is 10.2 Å². The van der Waals surface area contributed by atoms with Crippen LogP contribution in [0.2, 0.25) is 0 Å². The minimum absolute atomic E-state index is 0.118. The lowest BCUT2D eigenvalue weighted by atomic mass is 9.88. The molecule has 1 aliphatic rings. The standard InChI is InChI=1S/C16H22BrNO3/c1-3-14(13-9-12(17)4-5-15(13)19)18-7-6-11(16(20)21)8-10(18)2/h4-5,9-11,14,19H,3,6-8H2,1-2H3,(H,20,21). The zero-order valence-corrected chi connectivity index (χ0v) is 14.0. The number of halogens is 1. The second-order valence-electron chi connectivity index (χ2n) is 5.77. The van der Waals surface area contributed by atoms with E-state index >= 15 is 0 Å². The number of rotatable bonds is 4. The number of aromatic hydroxyl groups is 1. The van der Waals surface area contributed by atoms with Crippen molar-refractivity contribution in [2.24, 2.45) is 5.92 Å². The van der Waals surface area contributed by atoms with E-state index in [4.69, 9.17) is 0 Å². The molecule has 5 heteroatoms. The second-order valence-corrected chi connectivity index (χ2v) is 6.69. The van der Waals surface area contributed by atoms with Gasteiger partial charge in [-0.1, -0.05) is 22.9 Å². The highest BCUT2D eigenvalue weighted by Crippen LogP contribution is 2.37. The van der Waals surface area contributed by atoms with E-state index in [1.54, 1.807) is 6.07 Å². The smallest absolute Gasteiger partial charge is 0.306 e. The molecule has 0 aliphatic carbocycles. The van der Waals surface area contributed by atoms with Gasteiger partial charge in [0, 0.05) is 22.1 Å². The van der Waals surface area contributed by atoms with E-state index in [0.29, 0.717) is 18.6 Å². The molecule has 0 spiro atoms. The largest absolute Gasteiger partial charge is 0.508 e. The molecule has 1 aliphatic heterocycles. The molecule has 1 aromatic rings. The van der Waals surface area contributed by atoms with Crippen LogP contribution in [0.4, 0.5) is 0 Å². The third-order valence-electron chi connectivity index (χ3n) is 4.41. The van der Waals surface area contributed by atoms with Crippen LogP contribution in [0, 0.1) is 5.92 Å². The summed E-state index contributed by atoms with van der Waals surface area (Å²) in [7, 11) is 0. The van der Waals surface area contributed by atoms with E-state index in [1.165, 1.54) is 0 Å². The normalized spacial score (nSPS) is 24.7. The average molecular weight is 356 g/mol. The van der Waals surface area contributed by atoms with Crippen molar-refractivity contribution in [3.05, 3.63) is 28.2 Å². The Hall–Kier alpha value is -1.07. The van der Waals surface area contributed by atoms with Crippen LogP contribution in [0.1, 0.15) is 44.7 Å².